The summed E-state index contributed by atoms with van der Waals surface area (Å²) in [7, 11) is -2.96. The first-order valence-corrected chi connectivity index (χ1v) is 8.15. The molecule has 0 saturated carbocycles. The summed E-state index contributed by atoms with van der Waals surface area (Å²) in [6.45, 7) is 3.93. The highest BCUT2D eigenvalue weighted by atomic mass is 32.2. The molecule has 1 saturated heterocycles. The Hall–Kier alpha value is -0.880. The van der Waals surface area contributed by atoms with Crippen LogP contribution in [0, 0.1) is 0 Å². The van der Waals surface area contributed by atoms with Gasteiger partial charge in [0.25, 0.3) is 0 Å². The lowest BCUT2D eigenvalue weighted by molar-refractivity contribution is -0.131. The van der Waals surface area contributed by atoms with Gasteiger partial charge in [-0.3, -0.25) is 4.79 Å². The van der Waals surface area contributed by atoms with Gasteiger partial charge in [0, 0.05) is 32.1 Å². The number of nitrogens with one attached hydrogen (secondary N) is 1. The standard InChI is InChI=1S/C12H20N2O3S/c1-10-2-5-14(6-3-10)12(15)8-11-9-18(16,17)7-4-13-11/h2,11,13H,3-9H2,1H3. The van der Waals surface area contributed by atoms with Crippen molar-refractivity contribution in [1.29, 1.82) is 0 Å². The Morgan fingerprint density at radius 1 is 1.56 bits per heavy atom. The second kappa shape index (κ2) is 5.40. The topological polar surface area (TPSA) is 66.5 Å². The van der Waals surface area contributed by atoms with E-state index in [1.807, 2.05) is 0 Å². The Balaban J connectivity index is 1.88. The van der Waals surface area contributed by atoms with Crippen molar-refractivity contribution in [3.63, 3.8) is 0 Å². The highest BCUT2D eigenvalue weighted by molar-refractivity contribution is 7.91. The van der Waals surface area contributed by atoms with Gasteiger partial charge in [-0.1, -0.05) is 11.6 Å². The Morgan fingerprint density at radius 3 is 2.94 bits per heavy atom. The monoisotopic (exact) mass is 272 g/mol. The number of carbonyl (C=O) groups excluding carboxylic acids is 1. The van der Waals surface area contributed by atoms with E-state index in [0.29, 0.717) is 13.1 Å². The summed E-state index contributed by atoms with van der Waals surface area (Å²) in [5, 5.41) is 3.11. The van der Waals surface area contributed by atoms with Crippen LogP contribution in [0.1, 0.15) is 19.8 Å². The summed E-state index contributed by atoms with van der Waals surface area (Å²) in [6.07, 6.45) is 3.26. The number of nitrogens with zero attached hydrogens (tertiary/aromatic N) is 1. The van der Waals surface area contributed by atoms with E-state index in [2.05, 4.69) is 18.3 Å². The minimum absolute atomic E-state index is 0.0494. The molecule has 1 fully saturated rings. The average molecular weight is 272 g/mol. The zero-order valence-electron chi connectivity index (χ0n) is 10.7. The quantitative estimate of drug-likeness (QED) is 0.715. The molecule has 2 heterocycles. The number of rotatable bonds is 2. The van der Waals surface area contributed by atoms with Gasteiger partial charge >= 0.3 is 0 Å². The van der Waals surface area contributed by atoms with Crippen molar-refractivity contribution < 1.29 is 13.2 Å². The van der Waals surface area contributed by atoms with Gasteiger partial charge in [-0.2, -0.15) is 0 Å². The second-order valence-corrected chi connectivity index (χ2v) is 7.34. The summed E-state index contributed by atoms with van der Waals surface area (Å²) in [5.41, 5.74) is 1.32. The first kappa shape index (κ1) is 13.5. The SMILES string of the molecule is CC1=CCN(C(=O)CC2CS(=O)(=O)CCN2)CC1. The molecule has 0 spiro atoms. The van der Waals surface area contributed by atoms with Crippen LogP contribution in [0.2, 0.25) is 0 Å². The number of amides is 1. The van der Waals surface area contributed by atoms with E-state index in [1.165, 1.54) is 5.57 Å². The molecule has 1 N–H and O–H groups in total. The molecule has 5 nitrogen and oxygen atoms in total. The smallest absolute Gasteiger partial charge is 0.224 e. The van der Waals surface area contributed by atoms with Gasteiger partial charge in [-0.05, 0) is 13.3 Å². The van der Waals surface area contributed by atoms with Gasteiger partial charge in [0.05, 0.1) is 11.5 Å². The van der Waals surface area contributed by atoms with Crippen molar-refractivity contribution >= 4 is 15.7 Å². The number of hydrogen-bond acceptors (Lipinski definition) is 4. The van der Waals surface area contributed by atoms with Crippen LogP contribution in [0.5, 0.6) is 0 Å². The Morgan fingerprint density at radius 2 is 2.33 bits per heavy atom. The maximum atomic E-state index is 12.0. The molecule has 0 radical (unpaired) electrons. The molecule has 6 heteroatoms. The fourth-order valence-corrected chi connectivity index (χ4v) is 3.78. The van der Waals surface area contributed by atoms with Crippen LogP contribution in [-0.2, 0) is 14.6 Å². The second-order valence-electron chi connectivity index (χ2n) is 5.11. The predicted molar refractivity (Wildman–Crippen MR) is 70.0 cm³/mol. The average Bonchev–Trinajstić information content (AvgIpc) is 2.28. The normalized spacial score (nSPS) is 27.7. The highest BCUT2D eigenvalue weighted by Gasteiger charge is 2.27. The third-order valence-corrected chi connectivity index (χ3v) is 5.25. The predicted octanol–water partition coefficient (Wildman–Crippen LogP) is -0.0583. The molecule has 2 aliphatic rings. The fourth-order valence-electron chi connectivity index (χ4n) is 2.34. The van der Waals surface area contributed by atoms with Gasteiger partial charge in [0.1, 0.15) is 0 Å². The van der Waals surface area contributed by atoms with E-state index in [1.54, 1.807) is 4.90 Å². The van der Waals surface area contributed by atoms with Crippen molar-refractivity contribution in [3.05, 3.63) is 11.6 Å². The number of sulfone groups is 1. The third kappa shape index (κ3) is 3.55. The molecule has 0 aromatic carbocycles. The van der Waals surface area contributed by atoms with Gasteiger partial charge in [-0.15, -0.1) is 0 Å². The zero-order chi connectivity index (χ0) is 13.2. The molecule has 0 aromatic rings. The molecule has 0 aliphatic carbocycles. The largest absolute Gasteiger partial charge is 0.339 e. The third-order valence-electron chi connectivity index (χ3n) is 3.51. The van der Waals surface area contributed by atoms with E-state index >= 15 is 0 Å². The van der Waals surface area contributed by atoms with Gasteiger partial charge in [0.15, 0.2) is 9.84 Å². The lowest BCUT2D eigenvalue weighted by Crippen LogP contribution is -2.48. The summed E-state index contributed by atoms with van der Waals surface area (Å²) in [4.78, 5) is 13.8. The molecule has 0 bridgehead atoms. The number of hydrogen-bond donors (Lipinski definition) is 1. The molecular formula is C12H20N2O3S. The molecule has 2 rings (SSSR count). The summed E-state index contributed by atoms with van der Waals surface area (Å²) >= 11 is 0. The van der Waals surface area contributed by atoms with E-state index in [9.17, 15) is 13.2 Å². The van der Waals surface area contributed by atoms with Crippen molar-refractivity contribution in [1.82, 2.24) is 10.2 Å². The Labute approximate surface area is 108 Å². The van der Waals surface area contributed by atoms with Crippen LogP contribution >= 0.6 is 0 Å². The minimum Gasteiger partial charge on any atom is -0.339 e. The van der Waals surface area contributed by atoms with Crippen LogP contribution in [-0.4, -0.2) is 56.4 Å². The molecule has 102 valence electrons. The molecular weight excluding hydrogens is 252 g/mol. The van der Waals surface area contributed by atoms with E-state index in [4.69, 9.17) is 0 Å². The Kier molecular flexibility index (Phi) is 4.07. The molecule has 1 unspecified atom stereocenters. The lowest BCUT2D eigenvalue weighted by atomic mass is 10.1. The summed E-state index contributed by atoms with van der Waals surface area (Å²) in [5.74, 6) is 0.318. The molecule has 1 atom stereocenters. The number of carbonyl (C=O) groups is 1. The van der Waals surface area contributed by atoms with Crippen molar-refractivity contribution in [2.75, 3.05) is 31.1 Å². The van der Waals surface area contributed by atoms with Gasteiger partial charge in [0.2, 0.25) is 5.91 Å². The van der Waals surface area contributed by atoms with Gasteiger partial charge in [-0.25, -0.2) is 8.42 Å². The maximum absolute atomic E-state index is 12.0. The molecule has 18 heavy (non-hydrogen) atoms. The first-order valence-electron chi connectivity index (χ1n) is 6.33. The van der Waals surface area contributed by atoms with Crippen molar-refractivity contribution in [2.24, 2.45) is 0 Å². The van der Waals surface area contributed by atoms with Crippen molar-refractivity contribution in [3.8, 4) is 0 Å². The van der Waals surface area contributed by atoms with Crippen LogP contribution < -0.4 is 5.32 Å². The summed E-state index contributed by atoms with van der Waals surface area (Å²) < 4.78 is 23.0. The van der Waals surface area contributed by atoms with Crippen LogP contribution in [0.25, 0.3) is 0 Å². The van der Waals surface area contributed by atoms with Crippen LogP contribution in [0.3, 0.4) is 0 Å². The van der Waals surface area contributed by atoms with Crippen molar-refractivity contribution in [2.45, 2.75) is 25.8 Å². The molecule has 2 aliphatic heterocycles. The first-order chi connectivity index (χ1) is 8.46. The fraction of sp³-hybridized carbons (Fsp3) is 0.750. The lowest BCUT2D eigenvalue weighted by Gasteiger charge is -2.29. The van der Waals surface area contributed by atoms with Crippen LogP contribution in [0.4, 0.5) is 0 Å². The highest BCUT2D eigenvalue weighted by Crippen LogP contribution is 2.13. The zero-order valence-corrected chi connectivity index (χ0v) is 11.5. The van der Waals surface area contributed by atoms with Gasteiger partial charge < -0.3 is 10.2 Å². The van der Waals surface area contributed by atoms with Crippen LogP contribution in [0.15, 0.2) is 11.6 Å². The van der Waals surface area contributed by atoms with E-state index < -0.39 is 9.84 Å². The minimum atomic E-state index is -2.96. The van der Waals surface area contributed by atoms with E-state index in [-0.39, 0.29) is 29.9 Å². The molecule has 0 aromatic heterocycles. The Bertz CT molecular complexity index is 456. The van der Waals surface area contributed by atoms with E-state index in [0.717, 1.165) is 13.0 Å². The molecule has 1 amide bonds. The summed E-state index contributed by atoms with van der Waals surface area (Å²) in [6, 6.07) is -0.219. The maximum Gasteiger partial charge on any atom is 0.224 e.